The SMILES string of the molecule is CCCCc1ccc(N(Cc2ccccc2)C(=O)CNS(C)(=O)=O)cc1. The topological polar surface area (TPSA) is 66.5 Å². The normalized spacial score (nSPS) is 11.3. The standard InChI is InChI=1S/C20H26N2O3S/c1-3-4-8-17-11-13-19(14-12-17)22(16-18-9-6-5-7-10-18)20(23)15-21-26(2,24)25/h5-7,9-14,21H,3-4,8,15-16H2,1-2H3. The van der Waals surface area contributed by atoms with E-state index in [0.29, 0.717) is 6.54 Å². The van der Waals surface area contributed by atoms with Crippen LogP contribution in [0.5, 0.6) is 0 Å². The van der Waals surface area contributed by atoms with E-state index in [4.69, 9.17) is 0 Å². The summed E-state index contributed by atoms with van der Waals surface area (Å²) in [6.45, 7) is 2.28. The number of carbonyl (C=O) groups excluding carboxylic acids is 1. The average molecular weight is 375 g/mol. The highest BCUT2D eigenvalue weighted by Gasteiger charge is 2.17. The minimum atomic E-state index is -3.42. The highest BCUT2D eigenvalue weighted by atomic mass is 32.2. The maximum absolute atomic E-state index is 12.7. The minimum Gasteiger partial charge on any atom is -0.307 e. The van der Waals surface area contributed by atoms with E-state index < -0.39 is 10.0 Å². The van der Waals surface area contributed by atoms with Gasteiger partial charge in [-0.2, -0.15) is 0 Å². The Bertz CT molecular complexity index is 803. The number of aryl methyl sites for hydroxylation is 1. The van der Waals surface area contributed by atoms with E-state index in [1.54, 1.807) is 4.90 Å². The lowest BCUT2D eigenvalue weighted by atomic mass is 10.1. The molecule has 2 aromatic carbocycles. The van der Waals surface area contributed by atoms with E-state index in [-0.39, 0.29) is 12.5 Å². The van der Waals surface area contributed by atoms with Crippen molar-refractivity contribution in [3.05, 3.63) is 65.7 Å². The fourth-order valence-electron chi connectivity index (χ4n) is 2.60. The van der Waals surface area contributed by atoms with Crippen molar-refractivity contribution in [1.29, 1.82) is 0 Å². The van der Waals surface area contributed by atoms with Crippen LogP contribution in [0, 0.1) is 0 Å². The third kappa shape index (κ3) is 6.61. The highest BCUT2D eigenvalue weighted by Crippen LogP contribution is 2.19. The van der Waals surface area contributed by atoms with Crippen LogP contribution < -0.4 is 9.62 Å². The van der Waals surface area contributed by atoms with E-state index in [0.717, 1.165) is 36.8 Å². The molecule has 0 bridgehead atoms. The van der Waals surface area contributed by atoms with Crippen LogP contribution in [0.3, 0.4) is 0 Å². The molecule has 2 rings (SSSR count). The Hall–Kier alpha value is -2.18. The van der Waals surface area contributed by atoms with E-state index in [1.165, 1.54) is 5.56 Å². The van der Waals surface area contributed by atoms with Gasteiger partial charge in [-0.25, -0.2) is 13.1 Å². The molecule has 0 fully saturated rings. The molecule has 0 aliphatic heterocycles. The molecule has 0 aliphatic carbocycles. The van der Waals surface area contributed by atoms with Gasteiger partial charge in [0.15, 0.2) is 0 Å². The van der Waals surface area contributed by atoms with Gasteiger partial charge in [-0.1, -0.05) is 55.8 Å². The fraction of sp³-hybridized carbons (Fsp3) is 0.350. The Morgan fingerprint density at radius 1 is 1.00 bits per heavy atom. The van der Waals surface area contributed by atoms with Crippen LogP contribution in [0.15, 0.2) is 54.6 Å². The first-order chi connectivity index (χ1) is 12.4. The second-order valence-electron chi connectivity index (χ2n) is 6.33. The Kier molecular flexibility index (Phi) is 7.36. The third-order valence-electron chi connectivity index (χ3n) is 4.04. The summed E-state index contributed by atoms with van der Waals surface area (Å²) in [5, 5.41) is 0. The average Bonchev–Trinajstić information content (AvgIpc) is 2.63. The van der Waals surface area contributed by atoms with Crippen molar-refractivity contribution in [1.82, 2.24) is 4.72 Å². The highest BCUT2D eigenvalue weighted by molar-refractivity contribution is 7.88. The van der Waals surface area contributed by atoms with Crippen molar-refractivity contribution in [2.24, 2.45) is 0 Å². The summed E-state index contributed by atoms with van der Waals surface area (Å²) in [7, 11) is -3.42. The lowest BCUT2D eigenvalue weighted by molar-refractivity contribution is -0.117. The molecule has 0 aliphatic rings. The second kappa shape index (κ2) is 9.50. The molecule has 0 saturated carbocycles. The van der Waals surface area contributed by atoms with E-state index >= 15 is 0 Å². The van der Waals surface area contributed by atoms with Gasteiger partial charge in [-0.15, -0.1) is 0 Å². The van der Waals surface area contributed by atoms with Crippen molar-refractivity contribution in [3.63, 3.8) is 0 Å². The molecule has 0 aromatic heterocycles. The molecule has 0 radical (unpaired) electrons. The number of rotatable bonds is 9. The van der Waals surface area contributed by atoms with Crippen LogP contribution >= 0.6 is 0 Å². The number of nitrogens with zero attached hydrogens (tertiary/aromatic N) is 1. The minimum absolute atomic E-state index is 0.261. The summed E-state index contributed by atoms with van der Waals surface area (Å²) in [5.74, 6) is -0.291. The molecule has 5 nitrogen and oxygen atoms in total. The second-order valence-corrected chi connectivity index (χ2v) is 8.16. The first kappa shape index (κ1) is 20.1. The molecule has 140 valence electrons. The van der Waals surface area contributed by atoms with Crippen LogP contribution in [0.4, 0.5) is 5.69 Å². The Balaban J connectivity index is 2.20. The molecule has 0 heterocycles. The van der Waals surface area contributed by atoms with Gasteiger partial charge in [0.1, 0.15) is 0 Å². The molecule has 1 N–H and O–H groups in total. The third-order valence-corrected chi connectivity index (χ3v) is 4.71. The number of anilines is 1. The number of hydrogen-bond donors (Lipinski definition) is 1. The Labute approximate surface area is 156 Å². The number of hydrogen-bond acceptors (Lipinski definition) is 3. The number of unbranched alkanes of at least 4 members (excludes halogenated alkanes) is 1. The quantitative estimate of drug-likeness (QED) is 0.733. The van der Waals surface area contributed by atoms with E-state index in [1.807, 2.05) is 54.6 Å². The van der Waals surface area contributed by atoms with Gasteiger partial charge in [0.05, 0.1) is 19.3 Å². The molecule has 0 spiro atoms. The molecular formula is C20H26N2O3S. The van der Waals surface area contributed by atoms with E-state index in [9.17, 15) is 13.2 Å². The number of benzene rings is 2. The zero-order valence-corrected chi connectivity index (χ0v) is 16.1. The van der Waals surface area contributed by atoms with Crippen LogP contribution in [-0.2, 0) is 27.8 Å². The van der Waals surface area contributed by atoms with Crippen molar-refractivity contribution >= 4 is 21.6 Å². The summed E-state index contributed by atoms with van der Waals surface area (Å²) >= 11 is 0. The molecule has 0 saturated heterocycles. The van der Waals surface area contributed by atoms with Crippen molar-refractivity contribution < 1.29 is 13.2 Å². The largest absolute Gasteiger partial charge is 0.307 e. The van der Waals surface area contributed by atoms with Crippen molar-refractivity contribution in [2.75, 3.05) is 17.7 Å². The molecule has 26 heavy (non-hydrogen) atoms. The summed E-state index contributed by atoms with van der Waals surface area (Å²) in [6.07, 6.45) is 4.32. The zero-order valence-electron chi connectivity index (χ0n) is 15.3. The zero-order chi connectivity index (χ0) is 19.0. The monoisotopic (exact) mass is 374 g/mol. The van der Waals surface area contributed by atoms with Gasteiger partial charge in [0.2, 0.25) is 15.9 Å². The lowest BCUT2D eigenvalue weighted by Crippen LogP contribution is -2.39. The molecule has 6 heteroatoms. The van der Waals surface area contributed by atoms with Crippen molar-refractivity contribution in [2.45, 2.75) is 32.7 Å². The van der Waals surface area contributed by atoms with Gasteiger partial charge >= 0.3 is 0 Å². The van der Waals surface area contributed by atoms with Gasteiger partial charge in [0.25, 0.3) is 0 Å². The Morgan fingerprint density at radius 3 is 2.23 bits per heavy atom. The van der Waals surface area contributed by atoms with Gasteiger partial charge in [0, 0.05) is 5.69 Å². The number of nitrogens with one attached hydrogen (secondary N) is 1. The maximum Gasteiger partial charge on any atom is 0.242 e. The molecule has 0 atom stereocenters. The molecule has 0 unspecified atom stereocenters. The van der Waals surface area contributed by atoms with Crippen LogP contribution in [0.25, 0.3) is 0 Å². The summed E-state index contributed by atoms with van der Waals surface area (Å²) < 4.78 is 24.9. The first-order valence-corrected chi connectivity index (χ1v) is 10.7. The maximum atomic E-state index is 12.7. The first-order valence-electron chi connectivity index (χ1n) is 8.77. The van der Waals surface area contributed by atoms with Crippen LogP contribution in [0.1, 0.15) is 30.9 Å². The summed E-state index contributed by atoms with van der Waals surface area (Å²) in [5.41, 5.74) is 2.97. The van der Waals surface area contributed by atoms with Gasteiger partial charge in [-0.05, 0) is 36.1 Å². The van der Waals surface area contributed by atoms with Gasteiger partial charge < -0.3 is 4.90 Å². The predicted octanol–water partition coefficient (Wildman–Crippen LogP) is 3.11. The smallest absolute Gasteiger partial charge is 0.242 e. The number of amides is 1. The van der Waals surface area contributed by atoms with E-state index in [2.05, 4.69) is 11.6 Å². The number of carbonyl (C=O) groups is 1. The molecular weight excluding hydrogens is 348 g/mol. The summed E-state index contributed by atoms with van der Waals surface area (Å²) in [6, 6.07) is 17.5. The summed E-state index contributed by atoms with van der Waals surface area (Å²) in [4.78, 5) is 14.3. The lowest BCUT2D eigenvalue weighted by Gasteiger charge is -2.23. The fourth-order valence-corrected chi connectivity index (χ4v) is 2.99. The number of sulfonamides is 1. The van der Waals surface area contributed by atoms with Crippen LogP contribution in [0.2, 0.25) is 0 Å². The van der Waals surface area contributed by atoms with Gasteiger partial charge in [-0.3, -0.25) is 4.79 Å². The molecule has 1 amide bonds. The van der Waals surface area contributed by atoms with Crippen molar-refractivity contribution in [3.8, 4) is 0 Å². The molecule has 2 aromatic rings. The predicted molar refractivity (Wildman–Crippen MR) is 106 cm³/mol. The Morgan fingerprint density at radius 2 is 1.65 bits per heavy atom. The van der Waals surface area contributed by atoms with Crippen LogP contribution in [-0.4, -0.2) is 27.1 Å².